The molecular weight excluding hydrogens is 1170 g/mol. The Kier molecular flexibility index (Phi) is 360. The van der Waals surface area contributed by atoms with Gasteiger partial charge in [0.25, 0.3) is 0 Å². The Hall–Kier alpha value is -0.910. The van der Waals surface area contributed by atoms with Crippen LogP contribution in [0.2, 0.25) is 0 Å². The Balaban J connectivity index is -0.0000000381. The summed E-state index contributed by atoms with van der Waals surface area (Å²) in [6, 6.07) is 0. The minimum atomic E-state index is 0.500. The lowest BCUT2D eigenvalue weighted by Crippen LogP contribution is -2.39. The molecule has 0 aromatic rings. The summed E-state index contributed by atoms with van der Waals surface area (Å²) in [5.41, 5.74) is 1.93. The van der Waals surface area contributed by atoms with Crippen LogP contribution in [0, 0.1) is 0 Å². The number of rotatable bonds is 0. The van der Waals surface area contributed by atoms with Gasteiger partial charge in [0.15, 0.2) is 6.40 Å². The molecule has 1 saturated carbocycles. The van der Waals surface area contributed by atoms with Gasteiger partial charge in [-0.1, -0.05) is 294 Å². The van der Waals surface area contributed by atoms with E-state index in [1.54, 1.807) is 24.3 Å². The Labute approximate surface area is 589 Å². The van der Waals surface area contributed by atoms with Crippen LogP contribution in [0.3, 0.4) is 0 Å². The Morgan fingerprint density at radius 2 is 0.689 bits per heavy atom. The number of nitrogens with one attached hydrogen (secondary N) is 4. The average molecular weight is 1360 g/mol. The van der Waals surface area contributed by atoms with Crippen molar-refractivity contribution in [1.82, 2.24) is 21.3 Å². The molecule has 0 spiro atoms. The van der Waals surface area contributed by atoms with Crippen molar-refractivity contribution >= 4 is 59.8 Å². The second-order valence-electron chi connectivity index (χ2n) is 13.0. The van der Waals surface area contributed by atoms with Crippen molar-refractivity contribution in [2.75, 3.05) is 134 Å². The smallest absolute Gasteiger partial charge is 0.169 e. The molecule has 0 aromatic heterocycles. The number of ether oxygens (including phenoxy) is 4. The average Bonchev–Trinajstić information content (AvgIpc) is 3.74. The van der Waals surface area contributed by atoms with E-state index in [9.17, 15) is 0 Å². The maximum Gasteiger partial charge on any atom is 0.169 e. The molecule has 15 heteroatoms. The molecule has 8 heterocycles. The lowest BCUT2D eigenvalue weighted by molar-refractivity contribution is -0.0963. The Morgan fingerprint density at radius 3 is 0.789 bits per heavy atom. The fourth-order valence-corrected chi connectivity index (χ4v) is 7.91. The first kappa shape index (κ1) is 137. The molecule has 0 bridgehead atoms. The number of hydrogen-bond donors (Lipinski definition) is 4. The SMILES string of the molecule is C1=NCCCN1.C1=NCCCO1.C1=NCCCS1.C1=NCCOC1.C1CCCCC1.C1CCNCC1.C1CNCCN1.C1COCOC1.C1CSCSC1.CC.CC.CC.CC.CC.CC.CC.CC.CC.CC.CC.CC.CC.CC.CC.CC.CC.CC. The molecule has 0 amide bonds. The van der Waals surface area contributed by atoms with Crippen molar-refractivity contribution in [2.45, 2.75) is 339 Å². The molecule has 0 radical (unpaired) electrons. The van der Waals surface area contributed by atoms with Gasteiger partial charge >= 0.3 is 0 Å². The molecule has 0 unspecified atom stereocenters. The van der Waals surface area contributed by atoms with Crippen LogP contribution in [-0.2, 0) is 18.9 Å². The minimum absolute atomic E-state index is 0.500. The zero-order valence-electron chi connectivity index (χ0n) is 69.7. The third-order valence-corrected chi connectivity index (χ3v) is 11.3. The van der Waals surface area contributed by atoms with E-state index >= 15 is 0 Å². The van der Waals surface area contributed by atoms with Crippen LogP contribution in [-0.4, -0.2) is 159 Å². The van der Waals surface area contributed by atoms with Crippen LogP contribution in [0.4, 0.5) is 0 Å². The first-order valence-corrected chi connectivity index (χ1v) is 42.3. The molecule has 0 atom stereocenters. The maximum absolute atomic E-state index is 4.92. The highest BCUT2D eigenvalue weighted by molar-refractivity contribution is 8.16. The van der Waals surface area contributed by atoms with Gasteiger partial charge in [0.05, 0.1) is 51.5 Å². The van der Waals surface area contributed by atoms with E-state index in [1.165, 1.54) is 119 Å². The number of piperidine rings is 1. The molecule has 5 fully saturated rings. The summed E-state index contributed by atoms with van der Waals surface area (Å²) in [4.78, 5) is 15.7. The number of piperazine rings is 1. The predicted molar refractivity (Wildman–Crippen MR) is 445 cm³/mol. The minimum Gasteiger partial charge on any atom is -0.483 e. The van der Waals surface area contributed by atoms with E-state index in [0.717, 1.165) is 98.2 Å². The van der Waals surface area contributed by atoms with Crippen LogP contribution in [0.25, 0.3) is 0 Å². The van der Waals surface area contributed by atoms with Gasteiger partial charge < -0.3 is 40.2 Å². The monoisotopic (exact) mass is 1360 g/mol. The van der Waals surface area contributed by atoms with Crippen LogP contribution < -0.4 is 21.3 Å². The van der Waals surface area contributed by atoms with Crippen molar-refractivity contribution in [1.29, 1.82) is 0 Å². The van der Waals surface area contributed by atoms with Crippen molar-refractivity contribution in [3.8, 4) is 0 Å². The number of thioether (sulfide) groups is 3. The van der Waals surface area contributed by atoms with Gasteiger partial charge in [0, 0.05) is 75.8 Å². The molecule has 568 valence electrons. The van der Waals surface area contributed by atoms with Gasteiger partial charge in [-0.3, -0.25) is 20.0 Å². The zero-order valence-corrected chi connectivity index (χ0v) is 72.2. The molecular formula is C75H186N8O4S3. The fraction of sp³-hybridized carbons (Fsp3) is 0.947. The van der Waals surface area contributed by atoms with Gasteiger partial charge in [-0.15, -0.1) is 11.8 Å². The molecule has 4 saturated heterocycles. The molecule has 90 heavy (non-hydrogen) atoms. The molecule has 4 N–H and O–H groups in total. The largest absolute Gasteiger partial charge is 0.483 e. The second kappa shape index (κ2) is 237. The van der Waals surface area contributed by atoms with Gasteiger partial charge in [-0.2, -0.15) is 23.5 Å². The molecule has 9 rings (SSSR count). The van der Waals surface area contributed by atoms with E-state index in [4.69, 9.17) is 18.9 Å². The summed E-state index contributed by atoms with van der Waals surface area (Å²) in [6.45, 7) is 88.6. The highest BCUT2D eigenvalue weighted by Crippen LogP contribution is 2.20. The van der Waals surface area contributed by atoms with Crippen LogP contribution in [0.15, 0.2) is 20.0 Å². The van der Waals surface area contributed by atoms with Crippen LogP contribution in [0.1, 0.15) is 339 Å². The van der Waals surface area contributed by atoms with E-state index in [-0.39, 0.29) is 0 Å². The molecule has 8 aliphatic heterocycles. The first-order chi connectivity index (χ1) is 45.0. The van der Waals surface area contributed by atoms with Crippen molar-refractivity contribution in [2.24, 2.45) is 20.0 Å². The summed E-state index contributed by atoms with van der Waals surface area (Å²) in [6.07, 6.45) is 24.3. The van der Waals surface area contributed by atoms with E-state index in [2.05, 4.69) is 64.8 Å². The quantitative estimate of drug-likeness (QED) is 0.185. The first-order valence-electron chi connectivity index (χ1n) is 38.9. The molecule has 0 aromatic carbocycles. The number of aliphatic imine (C=N–C) groups is 4. The third kappa shape index (κ3) is 229. The van der Waals surface area contributed by atoms with Crippen molar-refractivity contribution in [3.05, 3.63) is 0 Å². The Bertz CT molecular complexity index is 611. The normalized spacial score (nSPS) is 14.7. The van der Waals surface area contributed by atoms with Gasteiger partial charge in [-0.25, -0.2) is 0 Å². The van der Waals surface area contributed by atoms with Gasteiger partial charge in [0.2, 0.25) is 0 Å². The highest BCUT2D eigenvalue weighted by Gasteiger charge is 1.97. The predicted octanol–water partition coefficient (Wildman–Crippen LogP) is 24.6. The third-order valence-electron chi connectivity index (χ3n) is 8.03. The second-order valence-corrected chi connectivity index (χ2v) is 16.5. The van der Waals surface area contributed by atoms with E-state index < -0.39 is 0 Å². The Morgan fingerprint density at radius 1 is 0.300 bits per heavy atom. The number of hydrogen-bond acceptors (Lipinski definition) is 15. The van der Waals surface area contributed by atoms with Gasteiger partial charge in [-0.05, 0) is 63.1 Å². The zero-order chi connectivity index (χ0) is 74.2. The fourth-order valence-electron chi connectivity index (χ4n) is 5.00. The molecule has 1 aliphatic carbocycles. The number of nitrogens with zero attached hydrogens (tertiary/aromatic N) is 4. The lowest BCUT2D eigenvalue weighted by atomic mass is 10.0. The van der Waals surface area contributed by atoms with Crippen LogP contribution in [0.5, 0.6) is 0 Å². The van der Waals surface area contributed by atoms with E-state index in [1.807, 2.05) is 255 Å². The summed E-state index contributed by atoms with van der Waals surface area (Å²) in [5.74, 6) is 4.06. The summed E-state index contributed by atoms with van der Waals surface area (Å²) in [7, 11) is 0. The highest BCUT2D eigenvalue weighted by atomic mass is 32.2. The summed E-state index contributed by atoms with van der Waals surface area (Å²) < 4.78 is 19.4. The molecule has 9 aliphatic rings. The maximum atomic E-state index is 4.92. The van der Waals surface area contributed by atoms with Gasteiger partial charge in [0.1, 0.15) is 6.79 Å². The lowest BCUT2D eigenvalue weighted by Gasteiger charge is -2.11. The topological polar surface area (TPSA) is 134 Å². The van der Waals surface area contributed by atoms with Crippen molar-refractivity contribution in [3.63, 3.8) is 0 Å². The van der Waals surface area contributed by atoms with Crippen LogP contribution >= 0.6 is 35.3 Å². The molecule has 12 nitrogen and oxygen atoms in total. The summed E-state index contributed by atoms with van der Waals surface area (Å²) in [5, 5.41) is 14.1. The van der Waals surface area contributed by atoms with Crippen molar-refractivity contribution < 1.29 is 18.9 Å². The summed E-state index contributed by atoms with van der Waals surface area (Å²) >= 11 is 5.92. The standard InChI is InChI=1S/C6H12.C5H11N.C4H10N2.C4H8N2.2C4H7NO.C4H7NS.C4H8O2.C4H8S2.18C2H6/c2*1-2-4-6-5-3-1;1-2-6-4-3-5-1;1-2-5-4-6-3-1;1-3-6-4-2-5-1;4*1-2-5-4-6-3-1;18*1-2/h1-6H2;6H,1-5H2;5-6H,1-4H2;4H,1-3H2,(H,5,6);1H,2-4H2;2*4H,1-3H2;2*1-4H2;18*1-2H3. The van der Waals surface area contributed by atoms with E-state index in [0.29, 0.717) is 13.4 Å².